The molecular formula is C19H24N4O2S. The monoisotopic (exact) mass is 372 g/mol. The lowest BCUT2D eigenvalue weighted by atomic mass is 10.1. The number of carbonyl (C=O) groups excluding carboxylic acids is 2. The molecule has 0 spiro atoms. The molecule has 1 aliphatic rings. The fourth-order valence-corrected chi connectivity index (χ4v) is 3.84. The summed E-state index contributed by atoms with van der Waals surface area (Å²) in [5.41, 5.74) is 1.34. The predicted molar refractivity (Wildman–Crippen MR) is 103 cm³/mol. The molecule has 26 heavy (non-hydrogen) atoms. The molecule has 1 N–H and O–H groups in total. The molecule has 0 unspecified atom stereocenters. The van der Waals surface area contributed by atoms with Crippen molar-refractivity contribution in [3.05, 3.63) is 35.7 Å². The van der Waals surface area contributed by atoms with Crippen LogP contribution >= 0.6 is 11.8 Å². The summed E-state index contributed by atoms with van der Waals surface area (Å²) in [7, 11) is 0. The molecule has 1 aliphatic carbocycles. The molecule has 0 saturated heterocycles. The number of ketones is 1. The first-order valence-corrected chi connectivity index (χ1v) is 9.89. The highest BCUT2D eigenvalue weighted by atomic mass is 32.2. The molecule has 1 saturated carbocycles. The fraction of sp³-hybridized carbons (Fsp3) is 0.474. The zero-order valence-corrected chi connectivity index (χ0v) is 16.2. The Labute approximate surface area is 157 Å². The Morgan fingerprint density at radius 2 is 1.96 bits per heavy atom. The third-order valence-electron chi connectivity index (χ3n) is 4.33. The van der Waals surface area contributed by atoms with Crippen molar-refractivity contribution in [1.29, 1.82) is 0 Å². The second-order valence-corrected chi connectivity index (χ2v) is 7.94. The Hall–Kier alpha value is -2.15. The SMILES string of the molecule is CCCC(=O)Nc1ccc(C(=O)[C@@H](C)Sc2nnc(C)n2C2CC2)cc1. The minimum Gasteiger partial charge on any atom is -0.326 e. The van der Waals surface area contributed by atoms with Gasteiger partial charge in [-0.2, -0.15) is 0 Å². The number of carbonyl (C=O) groups is 2. The number of benzene rings is 1. The van der Waals surface area contributed by atoms with Gasteiger partial charge in [0.1, 0.15) is 5.82 Å². The fourth-order valence-electron chi connectivity index (χ4n) is 2.80. The number of thioether (sulfide) groups is 1. The minimum atomic E-state index is -0.253. The second kappa shape index (κ2) is 8.03. The zero-order chi connectivity index (χ0) is 18.7. The number of nitrogens with zero attached hydrogens (tertiary/aromatic N) is 3. The first kappa shape index (κ1) is 18.6. The lowest BCUT2D eigenvalue weighted by Crippen LogP contribution is -2.15. The predicted octanol–water partition coefficient (Wildman–Crippen LogP) is 4.02. The van der Waals surface area contributed by atoms with Crippen LogP contribution < -0.4 is 5.32 Å². The minimum absolute atomic E-state index is 0.00900. The first-order valence-electron chi connectivity index (χ1n) is 9.02. The molecule has 0 aliphatic heterocycles. The van der Waals surface area contributed by atoms with Gasteiger partial charge < -0.3 is 9.88 Å². The number of Topliss-reactive ketones (excluding diaryl/α,β-unsaturated/α-hetero) is 1. The maximum absolute atomic E-state index is 12.7. The normalized spacial score (nSPS) is 14.9. The third-order valence-corrected chi connectivity index (χ3v) is 5.39. The molecule has 3 rings (SSSR count). The Morgan fingerprint density at radius 1 is 1.27 bits per heavy atom. The highest BCUT2D eigenvalue weighted by Gasteiger charge is 2.30. The number of hydrogen-bond acceptors (Lipinski definition) is 5. The van der Waals surface area contributed by atoms with Crippen molar-refractivity contribution >= 4 is 29.1 Å². The van der Waals surface area contributed by atoms with E-state index in [4.69, 9.17) is 0 Å². The first-order chi connectivity index (χ1) is 12.5. The lowest BCUT2D eigenvalue weighted by molar-refractivity contribution is -0.116. The molecular weight excluding hydrogens is 348 g/mol. The Kier molecular flexibility index (Phi) is 5.76. The van der Waals surface area contributed by atoms with E-state index in [1.54, 1.807) is 24.3 Å². The van der Waals surface area contributed by atoms with Gasteiger partial charge in [0.2, 0.25) is 5.91 Å². The van der Waals surface area contributed by atoms with Crippen LogP contribution in [0.2, 0.25) is 0 Å². The summed E-state index contributed by atoms with van der Waals surface area (Å²) < 4.78 is 2.14. The molecule has 7 heteroatoms. The van der Waals surface area contributed by atoms with E-state index in [-0.39, 0.29) is 16.9 Å². The van der Waals surface area contributed by atoms with Gasteiger partial charge in [-0.25, -0.2) is 0 Å². The summed E-state index contributed by atoms with van der Waals surface area (Å²) in [5.74, 6) is 0.941. The molecule has 1 heterocycles. The molecule has 1 atom stereocenters. The maximum atomic E-state index is 12.7. The maximum Gasteiger partial charge on any atom is 0.224 e. The average molecular weight is 372 g/mol. The zero-order valence-electron chi connectivity index (χ0n) is 15.4. The number of aryl methyl sites for hydroxylation is 1. The summed E-state index contributed by atoms with van der Waals surface area (Å²) in [5, 5.41) is 11.8. The van der Waals surface area contributed by atoms with Crippen molar-refractivity contribution in [2.24, 2.45) is 0 Å². The Morgan fingerprint density at radius 3 is 2.58 bits per heavy atom. The topological polar surface area (TPSA) is 76.9 Å². The molecule has 1 aromatic carbocycles. The number of nitrogens with one attached hydrogen (secondary N) is 1. The summed E-state index contributed by atoms with van der Waals surface area (Å²) >= 11 is 1.45. The van der Waals surface area contributed by atoms with Crippen LogP contribution in [0.15, 0.2) is 29.4 Å². The smallest absolute Gasteiger partial charge is 0.224 e. The third kappa shape index (κ3) is 4.33. The molecule has 0 radical (unpaired) electrons. The van der Waals surface area contributed by atoms with Gasteiger partial charge in [0.15, 0.2) is 10.9 Å². The highest BCUT2D eigenvalue weighted by molar-refractivity contribution is 8.00. The van der Waals surface area contributed by atoms with Crippen LogP contribution in [0.1, 0.15) is 61.8 Å². The summed E-state index contributed by atoms with van der Waals surface area (Å²) in [6.45, 7) is 5.81. The highest BCUT2D eigenvalue weighted by Crippen LogP contribution is 2.39. The summed E-state index contributed by atoms with van der Waals surface area (Å²) in [6, 6.07) is 7.56. The number of rotatable bonds is 8. The van der Waals surface area contributed by atoms with Crippen LogP contribution in [-0.4, -0.2) is 31.7 Å². The molecule has 6 nitrogen and oxygen atoms in total. The van der Waals surface area contributed by atoms with Crippen molar-refractivity contribution in [3.63, 3.8) is 0 Å². The quantitative estimate of drug-likeness (QED) is 0.559. The van der Waals surface area contributed by atoms with Gasteiger partial charge in [0.05, 0.1) is 5.25 Å². The molecule has 1 aromatic heterocycles. The number of amides is 1. The van der Waals surface area contributed by atoms with E-state index < -0.39 is 0 Å². The van der Waals surface area contributed by atoms with Crippen molar-refractivity contribution in [1.82, 2.24) is 14.8 Å². The molecule has 1 fully saturated rings. The standard InChI is InChI=1S/C19H24N4O2S/c1-4-5-17(24)20-15-8-6-14(7-9-15)18(25)12(2)26-19-22-21-13(3)23(19)16-10-11-16/h6-9,12,16H,4-5,10-11H2,1-3H3,(H,20,24)/t12-/m1/s1. The van der Waals surface area contributed by atoms with Gasteiger partial charge in [-0.05, 0) is 57.4 Å². The molecule has 1 amide bonds. The van der Waals surface area contributed by atoms with E-state index >= 15 is 0 Å². The van der Waals surface area contributed by atoms with Crippen LogP contribution in [0, 0.1) is 6.92 Å². The number of anilines is 1. The van der Waals surface area contributed by atoms with E-state index in [2.05, 4.69) is 20.1 Å². The van der Waals surface area contributed by atoms with Gasteiger partial charge >= 0.3 is 0 Å². The van der Waals surface area contributed by atoms with Gasteiger partial charge in [0.25, 0.3) is 0 Å². The van der Waals surface area contributed by atoms with E-state index in [1.165, 1.54) is 11.8 Å². The second-order valence-electron chi connectivity index (χ2n) is 6.63. The van der Waals surface area contributed by atoms with Crippen molar-refractivity contribution in [2.45, 2.75) is 62.9 Å². The summed E-state index contributed by atoms with van der Waals surface area (Å²) in [4.78, 5) is 24.4. The van der Waals surface area contributed by atoms with E-state index in [0.717, 1.165) is 30.2 Å². The van der Waals surface area contributed by atoms with Crippen LogP contribution in [-0.2, 0) is 4.79 Å². The lowest BCUT2D eigenvalue weighted by Gasteiger charge is -2.12. The molecule has 138 valence electrons. The van der Waals surface area contributed by atoms with Crippen LogP contribution in [0.4, 0.5) is 5.69 Å². The van der Waals surface area contributed by atoms with Crippen molar-refractivity contribution in [3.8, 4) is 0 Å². The van der Waals surface area contributed by atoms with Crippen LogP contribution in [0.5, 0.6) is 0 Å². The van der Waals surface area contributed by atoms with Gasteiger partial charge in [-0.1, -0.05) is 18.7 Å². The van der Waals surface area contributed by atoms with E-state index in [9.17, 15) is 9.59 Å². The van der Waals surface area contributed by atoms with Crippen molar-refractivity contribution < 1.29 is 9.59 Å². The number of hydrogen-bond donors (Lipinski definition) is 1. The van der Waals surface area contributed by atoms with E-state index in [0.29, 0.717) is 23.7 Å². The van der Waals surface area contributed by atoms with Gasteiger partial charge in [-0.3, -0.25) is 9.59 Å². The average Bonchev–Trinajstić information content (AvgIpc) is 3.39. The van der Waals surface area contributed by atoms with Gasteiger partial charge in [-0.15, -0.1) is 10.2 Å². The van der Waals surface area contributed by atoms with Crippen molar-refractivity contribution in [2.75, 3.05) is 5.32 Å². The molecule has 2 aromatic rings. The largest absolute Gasteiger partial charge is 0.326 e. The Bertz CT molecular complexity index is 796. The Balaban J connectivity index is 1.64. The van der Waals surface area contributed by atoms with Gasteiger partial charge in [0, 0.05) is 23.7 Å². The van der Waals surface area contributed by atoms with Crippen LogP contribution in [0.3, 0.4) is 0 Å². The van der Waals surface area contributed by atoms with Crippen LogP contribution in [0.25, 0.3) is 0 Å². The summed E-state index contributed by atoms with van der Waals surface area (Å²) in [6.07, 6.45) is 3.61. The van der Waals surface area contributed by atoms with E-state index in [1.807, 2.05) is 20.8 Å². The number of aromatic nitrogens is 3. The molecule has 0 bridgehead atoms.